The van der Waals surface area contributed by atoms with Gasteiger partial charge in [0.1, 0.15) is 0 Å². The predicted octanol–water partition coefficient (Wildman–Crippen LogP) is 6.17. The van der Waals surface area contributed by atoms with Crippen LogP contribution in [0.2, 0.25) is 0 Å². The fraction of sp³-hybridized carbons (Fsp3) is 0.474. The molecule has 0 N–H and O–H groups in total. The lowest BCUT2D eigenvalue weighted by molar-refractivity contribution is 0.199. The first-order valence-corrected chi connectivity index (χ1v) is 10.3. The Morgan fingerprint density at radius 2 is 1.48 bits per heavy atom. The molecular weight excluding hydrogens is 307 g/mol. The van der Waals surface area contributed by atoms with Gasteiger partial charge in [0.2, 0.25) is 0 Å². The van der Waals surface area contributed by atoms with Crippen molar-refractivity contribution in [2.45, 2.75) is 45.7 Å². The Kier molecular flexibility index (Phi) is 7.29. The number of hydrogen-bond donors (Lipinski definition) is 0. The van der Waals surface area contributed by atoms with E-state index >= 15 is 0 Å². The number of rotatable bonds is 10. The van der Waals surface area contributed by atoms with Gasteiger partial charge in [-0.1, -0.05) is 69.2 Å². The highest BCUT2D eigenvalue weighted by Gasteiger charge is 2.25. The van der Waals surface area contributed by atoms with Crippen LogP contribution in [0.3, 0.4) is 0 Å². The van der Waals surface area contributed by atoms with E-state index in [1.165, 1.54) is 0 Å². The second-order valence-electron chi connectivity index (χ2n) is 5.78. The SMILES string of the molecule is CCCCOP(=O)(Cc1cccc2ccccc12)OCCCC. The fourth-order valence-corrected chi connectivity index (χ4v) is 4.23. The third-order valence-corrected chi connectivity index (χ3v) is 5.70. The van der Waals surface area contributed by atoms with Crippen molar-refractivity contribution in [2.24, 2.45) is 0 Å². The van der Waals surface area contributed by atoms with Crippen molar-refractivity contribution in [1.82, 2.24) is 0 Å². The van der Waals surface area contributed by atoms with Crippen LogP contribution in [0.25, 0.3) is 10.8 Å². The summed E-state index contributed by atoms with van der Waals surface area (Å²) in [5.74, 6) is 0. The zero-order valence-corrected chi connectivity index (χ0v) is 15.1. The van der Waals surface area contributed by atoms with Gasteiger partial charge < -0.3 is 9.05 Å². The zero-order valence-electron chi connectivity index (χ0n) is 14.2. The molecule has 0 aliphatic rings. The van der Waals surface area contributed by atoms with Crippen molar-refractivity contribution >= 4 is 18.4 Å². The Morgan fingerprint density at radius 3 is 2.13 bits per heavy atom. The first kappa shape index (κ1) is 18.2. The quantitative estimate of drug-likeness (QED) is 0.385. The maximum absolute atomic E-state index is 13.1. The second kappa shape index (κ2) is 9.22. The van der Waals surface area contributed by atoms with Crippen molar-refractivity contribution in [3.05, 3.63) is 48.0 Å². The molecule has 0 aliphatic heterocycles. The number of hydrogen-bond acceptors (Lipinski definition) is 3. The molecule has 0 amide bonds. The fourth-order valence-electron chi connectivity index (χ4n) is 2.46. The minimum absolute atomic E-state index is 0.335. The van der Waals surface area contributed by atoms with Gasteiger partial charge in [0, 0.05) is 0 Å². The van der Waals surface area contributed by atoms with Crippen LogP contribution < -0.4 is 0 Å². The van der Waals surface area contributed by atoms with E-state index in [-0.39, 0.29) is 0 Å². The van der Waals surface area contributed by atoms with Gasteiger partial charge in [-0.2, -0.15) is 0 Å². The van der Waals surface area contributed by atoms with E-state index in [2.05, 4.69) is 32.0 Å². The lowest BCUT2D eigenvalue weighted by Gasteiger charge is -2.19. The number of unbranched alkanes of at least 4 members (excludes halogenated alkanes) is 2. The Labute approximate surface area is 139 Å². The van der Waals surface area contributed by atoms with Gasteiger partial charge in [-0.25, -0.2) is 0 Å². The molecule has 2 rings (SSSR count). The summed E-state index contributed by atoms with van der Waals surface area (Å²) in [6, 6.07) is 14.2. The molecule has 2 aromatic rings. The van der Waals surface area contributed by atoms with Gasteiger partial charge in [0.15, 0.2) is 0 Å². The van der Waals surface area contributed by atoms with Crippen LogP contribution >= 0.6 is 7.60 Å². The summed E-state index contributed by atoms with van der Waals surface area (Å²) in [6.07, 6.45) is 4.17. The van der Waals surface area contributed by atoms with Gasteiger partial charge in [-0.15, -0.1) is 0 Å². The summed E-state index contributed by atoms with van der Waals surface area (Å²) in [5.41, 5.74) is 1.03. The smallest absolute Gasteiger partial charge is 0.308 e. The molecular formula is C19H27O3P. The van der Waals surface area contributed by atoms with E-state index in [0.29, 0.717) is 19.4 Å². The van der Waals surface area contributed by atoms with Crippen molar-refractivity contribution in [1.29, 1.82) is 0 Å². The third kappa shape index (κ3) is 5.46. The molecule has 0 fully saturated rings. The van der Waals surface area contributed by atoms with Gasteiger partial charge in [0.05, 0.1) is 19.4 Å². The lowest BCUT2D eigenvalue weighted by atomic mass is 10.1. The molecule has 0 aromatic heterocycles. The Bertz CT molecular complexity index is 635. The van der Waals surface area contributed by atoms with Crippen LogP contribution in [0.1, 0.15) is 45.1 Å². The van der Waals surface area contributed by atoms with Crippen LogP contribution in [0.5, 0.6) is 0 Å². The Hall–Kier alpha value is -1.15. The normalized spacial score (nSPS) is 11.9. The van der Waals surface area contributed by atoms with E-state index in [1.807, 2.05) is 24.3 Å². The van der Waals surface area contributed by atoms with E-state index in [1.54, 1.807) is 0 Å². The summed E-state index contributed by atoms with van der Waals surface area (Å²) in [5, 5.41) is 2.27. The maximum atomic E-state index is 13.1. The molecule has 4 heteroatoms. The molecule has 3 nitrogen and oxygen atoms in total. The summed E-state index contributed by atoms with van der Waals surface area (Å²) < 4.78 is 24.5. The van der Waals surface area contributed by atoms with Crippen molar-refractivity contribution in [3.8, 4) is 0 Å². The lowest BCUT2D eigenvalue weighted by Crippen LogP contribution is -2.02. The van der Waals surface area contributed by atoms with Gasteiger partial charge >= 0.3 is 7.60 Å². The van der Waals surface area contributed by atoms with Crippen LogP contribution in [0.15, 0.2) is 42.5 Å². The van der Waals surface area contributed by atoms with E-state index in [0.717, 1.165) is 42.0 Å². The van der Waals surface area contributed by atoms with Crippen molar-refractivity contribution in [2.75, 3.05) is 13.2 Å². The van der Waals surface area contributed by atoms with E-state index in [4.69, 9.17) is 9.05 Å². The summed E-state index contributed by atoms with van der Waals surface area (Å²) in [6.45, 7) is 5.17. The van der Waals surface area contributed by atoms with Crippen LogP contribution in [0.4, 0.5) is 0 Å². The molecule has 0 spiro atoms. The molecule has 0 heterocycles. The predicted molar refractivity (Wildman–Crippen MR) is 97.0 cm³/mol. The minimum Gasteiger partial charge on any atom is -0.308 e. The molecule has 23 heavy (non-hydrogen) atoms. The standard InChI is InChI=1S/C19H27O3P/c1-3-5-14-21-23(20,22-15-6-4-2)16-18-12-9-11-17-10-7-8-13-19(17)18/h7-13H,3-6,14-16H2,1-2H3. The average molecular weight is 334 g/mol. The van der Waals surface area contributed by atoms with Crippen LogP contribution in [-0.2, 0) is 19.8 Å². The van der Waals surface area contributed by atoms with E-state index in [9.17, 15) is 4.57 Å². The van der Waals surface area contributed by atoms with Crippen molar-refractivity contribution in [3.63, 3.8) is 0 Å². The largest absolute Gasteiger partial charge is 0.335 e. The summed E-state index contributed by atoms with van der Waals surface area (Å²) in [7, 11) is -3.10. The third-order valence-electron chi connectivity index (χ3n) is 3.82. The Morgan fingerprint density at radius 1 is 0.870 bits per heavy atom. The van der Waals surface area contributed by atoms with Gasteiger partial charge in [-0.05, 0) is 29.2 Å². The molecule has 0 radical (unpaired) electrons. The van der Waals surface area contributed by atoms with Crippen molar-refractivity contribution < 1.29 is 13.6 Å². The summed E-state index contributed by atoms with van der Waals surface area (Å²) >= 11 is 0. The highest BCUT2D eigenvalue weighted by atomic mass is 31.2. The number of benzene rings is 2. The second-order valence-corrected chi connectivity index (χ2v) is 7.84. The molecule has 0 aliphatic carbocycles. The van der Waals surface area contributed by atoms with E-state index < -0.39 is 7.60 Å². The monoisotopic (exact) mass is 334 g/mol. The molecule has 0 saturated carbocycles. The van der Waals surface area contributed by atoms with Crippen LogP contribution in [0, 0.1) is 0 Å². The summed E-state index contributed by atoms with van der Waals surface area (Å²) in [4.78, 5) is 0. The molecule has 0 unspecified atom stereocenters. The highest BCUT2D eigenvalue weighted by Crippen LogP contribution is 2.52. The molecule has 0 atom stereocenters. The first-order valence-electron chi connectivity index (χ1n) is 8.53. The van der Waals surface area contributed by atoms with Gasteiger partial charge in [-0.3, -0.25) is 4.57 Å². The topological polar surface area (TPSA) is 35.5 Å². The maximum Gasteiger partial charge on any atom is 0.335 e. The highest BCUT2D eigenvalue weighted by molar-refractivity contribution is 7.53. The average Bonchev–Trinajstić information content (AvgIpc) is 2.56. The molecule has 2 aromatic carbocycles. The zero-order chi connectivity index (χ0) is 16.5. The molecule has 0 bridgehead atoms. The number of fused-ring (bicyclic) bond motifs is 1. The molecule has 0 saturated heterocycles. The minimum atomic E-state index is -3.10. The first-order chi connectivity index (χ1) is 11.2. The molecule has 126 valence electrons. The van der Waals surface area contributed by atoms with Gasteiger partial charge in [0.25, 0.3) is 0 Å². The van der Waals surface area contributed by atoms with Crippen LogP contribution in [-0.4, -0.2) is 13.2 Å². The Balaban J connectivity index is 2.19.